The van der Waals surface area contributed by atoms with Crippen molar-refractivity contribution < 1.29 is 14.3 Å². The molecule has 2 amide bonds. The van der Waals surface area contributed by atoms with E-state index in [9.17, 15) is 9.59 Å². The summed E-state index contributed by atoms with van der Waals surface area (Å²) in [6, 6.07) is 2.02. The third-order valence-electron chi connectivity index (χ3n) is 4.45. The molecule has 1 N–H and O–H groups in total. The van der Waals surface area contributed by atoms with Gasteiger partial charge in [0, 0.05) is 29.8 Å². The van der Waals surface area contributed by atoms with E-state index in [1.165, 1.54) is 4.88 Å². The standard InChI is InChI=1S/C16H22N2O3S/c1-2-4-13-9-12(10-22-13)14(19)18-7-3-5-16(6-8-18)11-17-15(20)21-16/h9-10H,2-8,11H2,1H3,(H,17,20)/t16-/m0/s1. The molecule has 0 unspecified atom stereocenters. The van der Waals surface area contributed by atoms with E-state index in [4.69, 9.17) is 4.74 Å². The number of ether oxygens (including phenoxy) is 1. The first-order valence-corrected chi connectivity index (χ1v) is 8.83. The van der Waals surface area contributed by atoms with Gasteiger partial charge >= 0.3 is 6.09 Å². The van der Waals surface area contributed by atoms with Crippen molar-refractivity contribution in [2.75, 3.05) is 19.6 Å². The summed E-state index contributed by atoms with van der Waals surface area (Å²) in [5.41, 5.74) is 0.389. The Morgan fingerprint density at radius 1 is 1.45 bits per heavy atom. The molecule has 2 aliphatic rings. The number of hydrogen-bond acceptors (Lipinski definition) is 4. The monoisotopic (exact) mass is 322 g/mol. The maximum atomic E-state index is 12.6. The molecule has 2 aliphatic heterocycles. The van der Waals surface area contributed by atoms with Gasteiger partial charge in [0.1, 0.15) is 5.60 Å². The quantitative estimate of drug-likeness (QED) is 0.931. The second kappa shape index (κ2) is 6.28. The van der Waals surface area contributed by atoms with Crippen molar-refractivity contribution in [3.05, 3.63) is 21.9 Å². The minimum Gasteiger partial charge on any atom is -0.441 e. The Hall–Kier alpha value is -1.56. The molecule has 0 bridgehead atoms. The maximum absolute atomic E-state index is 12.6. The minimum absolute atomic E-state index is 0.105. The van der Waals surface area contributed by atoms with E-state index < -0.39 is 5.60 Å². The SMILES string of the molecule is CCCc1cc(C(=O)N2CCC[C@]3(CC2)CNC(=O)O3)cs1. The number of amides is 2. The van der Waals surface area contributed by atoms with Crippen molar-refractivity contribution in [2.45, 2.75) is 44.6 Å². The summed E-state index contributed by atoms with van der Waals surface area (Å²) in [5.74, 6) is 0.105. The van der Waals surface area contributed by atoms with Gasteiger partial charge in [-0.2, -0.15) is 0 Å². The zero-order valence-electron chi connectivity index (χ0n) is 12.9. The van der Waals surface area contributed by atoms with E-state index in [-0.39, 0.29) is 12.0 Å². The summed E-state index contributed by atoms with van der Waals surface area (Å²) in [4.78, 5) is 27.1. The smallest absolute Gasteiger partial charge is 0.407 e. The number of carbonyl (C=O) groups excluding carboxylic acids is 2. The normalized spacial score (nSPS) is 25.0. The summed E-state index contributed by atoms with van der Waals surface area (Å²) < 4.78 is 5.45. The van der Waals surface area contributed by atoms with E-state index in [0.29, 0.717) is 19.5 Å². The predicted molar refractivity (Wildman–Crippen MR) is 85.3 cm³/mol. The Labute approximate surface area is 134 Å². The highest BCUT2D eigenvalue weighted by Gasteiger charge is 2.41. The molecule has 3 heterocycles. The summed E-state index contributed by atoms with van der Waals surface area (Å²) in [6.45, 7) is 4.09. The summed E-state index contributed by atoms with van der Waals surface area (Å²) in [7, 11) is 0. The average Bonchev–Trinajstić information content (AvgIpc) is 3.04. The summed E-state index contributed by atoms with van der Waals surface area (Å²) >= 11 is 1.66. The Morgan fingerprint density at radius 2 is 2.32 bits per heavy atom. The van der Waals surface area contributed by atoms with Gasteiger partial charge in [0.05, 0.1) is 12.1 Å². The van der Waals surface area contributed by atoms with Crippen LogP contribution >= 0.6 is 11.3 Å². The average molecular weight is 322 g/mol. The lowest BCUT2D eigenvalue weighted by Gasteiger charge is -2.24. The van der Waals surface area contributed by atoms with Gasteiger partial charge in [0.25, 0.3) is 5.91 Å². The third-order valence-corrected chi connectivity index (χ3v) is 5.44. The second-order valence-electron chi connectivity index (χ2n) is 6.12. The van der Waals surface area contributed by atoms with Gasteiger partial charge in [0.15, 0.2) is 0 Å². The zero-order chi connectivity index (χ0) is 15.6. The Bertz CT molecular complexity index is 571. The Kier molecular flexibility index (Phi) is 4.38. The molecule has 22 heavy (non-hydrogen) atoms. The van der Waals surface area contributed by atoms with Crippen molar-refractivity contribution in [3.63, 3.8) is 0 Å². The topological polar surface area (TPSA) is 58.6 Å². The van der Waals surface area contributed by atoms with Gasteiger partial charge in [-0.15, -0.1) is 11.3 Å². The molecular weight excluding hydrogens is 300 g/mol. The highest BCUT2D eigenvalue weighted by molar-refractivity contribution is 7.10. The third kappa shape index (κ3) is 3.11. The molecule has 5 nitrogen and oxygen atoms in total. The number of carbonyl (C=O) groups is 2. The van der Waals surface area contributed by atoms with Gasteiger partial charge in [-0.25, -0.2) is 4.79 Å². The van der Waals surface area contributed by atoms with E-state index in [1.54, 1.807) is 11.3 Å². The lowest BCUT2D eigenvalue weighted by Crippen LogP contribution is -2.36. The van der Waals surface area contributed by atoms with Crippen molar-refractivity contribution in [2.24, 2.45) is 0 Å². The van der Waals surface area contributed by atoms with Gasteiger partial charge in [-0.05, 0) is 25.3 Å². The largest absolute Gasteiger partial charge is 0.441 e. The molecule has 2 fully saturated rings. The number of aryl methyl sites for hydroxylation is 1. The maximum Gasteiger partial charge on any atom is 0.407 e. The fraction of sp³-hybridized carbons (Fsp3) is 0.625. The first kappa shape index (κ1) is 15.3. The van der Waals surface area contributed by atoms with Crippen LogP contribution in [0.5, 0.6) is 0 Å². The fourth-order valence-corrected chi connectivity index (χ4v) is 4.17. The molecule has 3 rings (SSSR count). The number of likely N-dealkylation sites (tertiary alicyclic amines) is 1. The zero-order valence-corrected chi connectivity index (χ0v) is 13.7. The molecule has 2 saturated heterocycles. The van der Waals surface area contributed by atoms with Crippen LogP contribution in [-0.4, -0.2) is 42.1 Å². The number of hydrogen-bond donors (Lipinski definition) is 1. The molecule has 1 atom stereocenters. The molecule has 0 aliphatic carbocycles. The number of thiophene rings is 1. The van der Waals surface area contributed by atoms with Gasteiger partial charge < -0.3 is 15.0 Å². The molecule has 0 radical (unpaired) electrons. The summed E-state index contributed by atoms with van der Waals surface area (Å²) in [5, 5.41) is 4.70. The first-order valence-electron chi connectivity index (χ1n) is 7.95. The molecule has 1 aromatic rings. The molecule has 6 heteroatoms. The van der Waals surface area contributed by atoms with Crippen LogP contribution in [0, 0.1) is 0 Å². The molecule has 1 spiro atoms. The van der Waals surface area contributed by atoms with Crippen LogP contribution < -0.4 is 5.32 Å². The lowest BCUT2D eigenvalue weighted by atomic mass is 9.95. The molecular formula is C16H22N2O3S. The van der Waals surface area contributed by atoms with E-state index in [1.807, 2.05) is 16.3 Å². The van der Waals surface area contributed by atoms with Crippen LogP contribution in [0.15, 0.2) is 11.4 Å². The minimum atomic E-state index is -0.409. The first-order chi connectivity index (χ1) is 10.6. The van der Waals surface area contributed by atoms with Gasteiger partial charge in [-0.1, -0.05) is 13.3 Å². The van der Waals surface area contributed by atoms with Gasteiger partial charge in [-0.3, -0.25) is 4.79 Å². The highest BCUT2D eigenvalue weighted by Crippen LogP contribution is 2.30. The summed E-state index contributed by atoms with van der Waals surface area (Å²) in [6.07, 6.45) is 4.19. The van der Waals surface area contributed by atoms with Gasteiger partial charge in [0.2, 0.25) is 0 Å². The Balaban J connectivity index is 1.65. The van der Waals surface area contributed by atoms with Crippen LogP contribution in [0.1, 0.15) is 47.8 Å². The molecule has 1 aromatic heterocycles. The highest BCUT2D eigenvalue weighted by atomic mass is 32.1. The van der Waals surface area contributed by atoms with Crippen LogP contribution in [0.25, 0.3) is 0 Å². The van der Waals surface area contributed by atoms with E-state index >= 15 is 0 Å². The lowest BCUT2D eigenvalue weighted by molar-refractivity contribution is 0.0439. The van der Waals surface area contributed by atoms with Crippen molar-refractivity contribution in [1.29, 1.82) is 0 Å². The van der Waals surface area contributed by atoms with Crippen LogP contribution in [0.2, 0.25) is 0 Å². The Morgan fingerprint density at radius 3 is 3.05 bits per heavy atom. The number of rotatable bonds is 3. The van der Waals surface area contributed by atoms with Crippen molar-refractivity contribution >= 4 is 23.3 Å². The fourth-order valence-electron chi connectivity index (χ4n) is 3.20. The number of nitrogens with one attached hydrogen (secondary N) is 1. The number of alkyl carbamates (subject to hydrolysis) is 1. The number of nitrogens with zero attached hydrogens (tertiary/aromatic N) is 1. The van der Waals surface area contributed by atoms with Crippen molar-refractivity contribution in [3.8, 4) is 0 Å². The predicted octanol–water partition coefficient (Wildman–Crippen LogP) is 2.81. The van der Waals surface area contributed by atoms with E-state index in [2.05, 4.69) is 12.2 Å². The molecule has 0 saturated carbocycles. The van der Waals surface area contributed by atoms with Crippen LogP contribution in [0.4, 0.5) is 4.79 Å². The van der Waals surface area contributed by atoms with Crippen LogP contribution in [-0.2, 0) is 11.2 Å². The van der Waals surface area contributed by atoms with E-state index in [0.717, 1.165) is 37.8 Å². The second-order valence-corrected chi connectivity index (χ2v) is 7.12. The van der Waals surface area contributed by atoms with Crippen LogP contribution in [0.3, 0.4) is 0 Å². The molecule has 120 valence electrons. The van der Waals surface area contributed by atoms with Crippen molar-refractivity contribution in [1.82, 2.24) is 10.2 Å². The molecule has 0 aromatic carbocycles.